The number of nitrogens with zero attached hydrogens (tertiary/aromatic N) is 1. The van der Waals surface area contributed by atoms with Gasteiger partial charge < -0.3 is 25.3 Å². The van der Waals surface area contributed by atoms with Crippen LogP contribution in [0.3, 0.4) is 0 Å². The lowest BCUT2D eigenvalue weighted by Gasteiger charge is -2.32. The molecule has 1 atom stereocenters. The number of aromatic nitrogens is 1. The SMILES string of the molecule is CC1(C)CCCC(C)(c2cccc(OCC(=O)O)c2)C(=N)/N=C(\N)c2cc(ccc2F)Oc2c(F)cc3[nH]ccc3c2CCSC1. The minimum atomic E-state index is -1.10. The zero-order valence-corrected chi connectivity index (χ0v) is 26.9. The Balaban J connectivity index is 1.57. The van der Waals surface area contributed by atoms with Gasteiger partial charge in [-0.1, -0.05) is 32.4 Å². The molecular weight excluding hydrogens is 610 g/mol. The van der Waals surface area contributed by atoms with Gasteiger partial charge in [0.05, 0.1) is 11.0 Å². The van der Waals surface area contributed by atoms with E-state index in [1.54, 1.807) is 36.2 Å². The number of carboxylic acids is 1. The molecule has 3 aromatic carbocycles. The topological polar surface area (TPSA) is 134 Å². The van der Waals surface area contributed by atoms with Crippen molar-refractivity contribution >= 4 is 40.3 Å². The van der Waals surface area contributed by atoms with Crippen LogP contribution in [0.5, 0.6) is 17.2 Å². The molecule has 0 radical (unpaired) electrons. The first kappa shape index (κ1) is 33.0. The van der Waals surface area contributed by atoms with Gasteiger partial charge in [-0.2, -0.15) is 11.8 Å². The summed E-state index contributed by atoms with van der Waals surface area (Å²) in [7, 11) is 0. The molecule has 0 saturated carbocycles. The lowest BCUT2D eigenvalue weighted by Crippen LogP contribution is -2.33. The number of H-pyrrole nitrogens is 1. The first-order chi connectivity index (χ1) is 21.9. The van der Waals surface area contributed by atoms with Crippen molar-refractivity contribution in [3.05, 3.63) is 89.1 Å². The number of aromatic amines is 1. The Bertz CT molecular complexity index is 1800. The number of fused-ring (bicyclic) bond motifs is 5. The summed E-state index contributed by atoms with van der Waals surface area (Å²) in [6.45, 7) is 5.78. The quantitative estimate of drug-likeness (QED) is 0.178. The Morgan fingerprint density at radius 2 is 1.93 bits per heavy atom. The van der Waals surface area contributed by atoms with Gasteiger partial charge in [0, 0.05) is 28.7 Å². The summed E-state index contributed by atoms with van der Waals surface area (Å²) in [6, 6.07) is 14.2. The summed E-state index contributed by atoms with van der Waals surface area (Å²) < 4.78 is 42.2. The molecule has 11 heteroatoms. The van der Waals surface area contributed by atoms with Crippen LogP contribution in [0.2, 0.25) is 0 Å². The number of hydrogen-bond donors (Lipinski definition) is 4. The molecule has 0 fully saturated rings. The molecular formula is C35H38F2N4O4S. The number of thioether (sulfide) groups is 1. The second-order valence-electron chi connectivity index (χ2n) is 12.6. The summed E-state index contributed by atoms with van der Waals surface area (Å²) in [5.74, 6) is -0.410. The van der Waals surface area contributed by atoms with Gasteiger partial charge in [-0.3, -0.25) is 5.41 Å². The number of carbonyl (C=O) groups is 1. The molecule has 5 N–H and O–H groups in total. The van der Waals surface area contributed by atoms with Crippen LogP contribution in [0.4, 0.5) is 8.78 Å². The maximum Gasteiger partial charge on any atom is 0.341 e. The lowest BCUT2D eigenvalue weighted by atomic mass is 9.75. The van der Waals surface area contributed by atoms with Crippen LogP contribution in [0.1, 0.15) is 56.7 Å². The third-order valence-corrected chi connectivity index (χ3v) is 9.89. The number of halogens is 2. The van der Waals surface area contributed by atoms with E-state index in [0.717, 1.165) is 35.3 Å². The van der Waals surface area contributed by atoms with E-state index in [9.17, 15) is 4.79 Å². The average molecular weight is 649 g/mol. The van der Waals surface area contributed by atoms with Crippen LogP contribution < -0.4 is 15.2 Å². The van der Waals surface area contributed by atoms with Crippen LogP contribution in [0, 0.1) is 22.5 Å². The molecule has 242 valence electrons. The van der Waals surface area contributed by atoms with E-state index in [2.05, 4.69) is 23.8 Å². The largest absolute Gasteiger partial charge is 0.482 e. The Morgan fingerprint density at radius 3 is 2.72 bits per heavy atom. The molecule has 8 nitrogen and oxygen atoms in total. The van der Waals surface area contributed by atoms with Gasteiger partial charge in [0.2, 0.25) is 0 Å². The zero-order valence-electron chi connectivity index (χ0n) is 26.1. The zero-order chi connectivity index (χ0) is 33.1. The molecule has 4 aromatic rings. The van der Waals surface area contributed by atoms with Crippen molar-refractivity contribution in [2.24, 2.45) is 16.1 Å². The fourth-order valence-corrected chi connectivity index (χ4v) is 6.95. The van der Waals surface area contributed by atoms with E-state index < -0.39 is 29.6 Å². The number of hydrogen-bond acceptors (Lipinski definition) is 6. The van der Waals surface area contributed by atoms with E-state index in [-0.39, 0.29) is 34.1 Å². The Labute approximate surface area is 270 Å². The molecule has 0 saturated heterocycles. The van der Waals surface area contributed by atoms with Crippen LogP contribution in [0.25, 0.3) is 10.9 Å². The van der Waals surface area contributed by atoms with Crippen LogP contribution in [-0.4, -0.2) is 45.8 Å². The van der Waals surface area contributed by atoms with Crippen molar-refractivity contribution in [1.82, 2.24) is 4.98 Å². The van der Waals surface area contributed by atoms with Gasteiger partial charge in [-0.05, 0) is 85.1 Å². The number of amidine groups is 2. The van der Waals surface area contributed by atoms with E-state index in [1.807, 2.05) is 19.1 Å². The van der Waals surface area contributed by atoms with Gasteiger partial charge >= 0.3 is 5.97 Å². The highest BCUT2D eigenvalue weighted by Gasteiger charge is 2.34. The van der Waals surface area contributed by atoms with Crippen molar-refractivity contribution in [1.29, 1.82) is 5.41 Å². The normalized spacial score (nSPS) is 20.5. The number of ether oxygens (including phenoxy) is 2. The van der Waals surface area contributed by atoms with E-state index in [1.165, 1.54) is 24.3 Å². The molecule has 5 rings (SSSR count). The summed E-state index contributed by atoms with van der Waals surface area (Å²) >= 11 is 1.79. The molecule has 1 aliphatic rings. The summed E-state index contributed by atoms with van der Waals surface area (Å²) in [4.78, 5) is 18.6. The first-order valence-corrected chi connectivity index (χ1v) is 16.2. The molecule has 2 heterocycles. The predicted octanol–water partition coefficient (Wildman–Crippen LogP) is 7.83. The summed E-state index contributed by atoms with van der Waals surface area (Å²) in [5, 5.41) is 19.1. The van der Waals surface area contributed by atoms with Crippen molar-refractivity contribution in [3.63, 3.8) is 0 Å². The van der Waals surface area contributed by atoms with Crippen molar-refractivity contribution in [2.45, 2.75) is 51.9 Å². The van der Waals surface area contributed by atoms with Gasteiger partial charge in [0.15, 0.2) is 18.2 Å². The molecule has 0 aliphatic carbocycles. The van der Waals surface area contributed by atoms with Gasteiger partial charge in [0.25, 0.3) is 0 Å². The van der Waals surface area contributed by atoms with E-state index in [0.29, 0.717) is 29.7 Å². The standard InChI is InChI=1S/C35H38F2N4O4S/c1-34(2)12-5-13-35(3,21-6-4-7-22(16-21)44-19-30(42)43)33(39)41-32(38)26-17-23(8-9-27(26)36)45-31-25(11-15-46-20-34)24-10-14-40-29(24)18-28(31)37/h4,6-10,14,16-18,40H,5,11-13,15,19-20H2,1-3H3,(H,42,43)(H3,38,39,41). The van der Waals surface area contributed by atoms with Gasteiger partial charge in [-0.25, -0.2) is 18.6 Å². The molecule has 0 amide bonds. The monoisotopic (exact) mass is 648 g/mol. The molecule has 1 aromatic heterocycles. The third kappa shape index (κ3) is 7.36. The van der Waals surface area contributed by atoms with Gasteiger partial charge in [0.1, 0.15) is 29.0 Å². The van der Waals surface area contributed by atoms with Gasteiger partial charge in [-0.15, -0.1) is 0 Å². The molecule has 1 unspecified atom stereocenters. The van der Waals surface area contributed by atoms with Crippen LogP contribution in [-0.2, 0) is 16.6 Å². The molecule has 0 spiro atoms. The highest BCUT2D eigenvalue weighted by atomic mass is 32.2. The number of benzene rings is 3. The second-order valence-corrected chi connectivity index (χ2v) is 13.7. The first-order valence-electron chi connectivity index (χ1n) is 15.1. The third-order valence-electron chi connectivity index (χ3n) is 8.41. The number of aliphatic carboxylic acids is 1. The Hall–Kier alpha value is -4.38. The van der Waals surface area contributed by atoms with Crippen molar-refractivity contribution in [3.8, 4) is 17.2 Å². The van der Waals surface area contributed by atoms with Crippen molar-refractivity contribution < 1.29 is 28.2 Å². The minimum Gasteiger partial charge on any atom is -0.482 e. The Morgan fingerprint density at radius 1 is 1.13 bits per heavy atom. The smallest absolute Gasteiger partial charge is 0.341 e. The Kier molecular flexibility index (Phi) is 9.71. The van der Waals surface area contributed by atoms with Crippen molar-refractivity contribution in [2.75, 3.05) is 18.1 Å². The van der Waals surface area contributed by atoms with Crippen LogP contribution >= 0.6 is 11.8 Å². The number of rotatable bonds is 4. The highest BCUT2D eigenvalue weighted by Crippen LogP contribution is 2.39. The number of carboxylic acid groups (broad SMARTS) is 1. The number of aliphatic imine (C=N–C) groups is 1. The average Bonchev–Trinajstić information content (AvgIpc) is 3.47. The number of nitrogens with one attached hydrogen (secondary N) is 2. The lowest BCUT2D eigenvalue weighted by molar-refractivity contribution is -0.139. The number of aryl methyl sites for hydroxylation is 1. The van der Waals surface area contributed by atoms with Crippen LogP contribution in [0.15, 0.2) is 65.8 Å². The fraction of sp³-hybridized carbons (Fsp3) is 0.343. The maximum atomic E-state index is 15.5. The second kappa shape index (κ2) is 13.5. The van der Waals surface area contributed by atoms with E-state index in [4.69, 9.17) is 25.7 Å². The van der Waals surface area contributed by atoms with E-state index >= 15 is 8.78 Å². The number of nitrogens with two attached hydrogens (primary N) is 1. The molecule has 46 heavy (non-hydrogen) atoms. The fourth-order valence-electron chi connectivity index (χ4n) is 5.76. The minimum absolute atomic E-state index is 0.0425. The molecule has 2 bridgehead atoms. The highest BCUT2D eigenvalue weighted by molar-refractivity contribution is 7.99. The predicted molar refractivity (Wildman–Crippen MR) is 179 cm³/mol. The maximum absolute atomic E-state index is 15.5. The summed E-state index contributed by atoms with van der Waals surface area (Å²) in [6.07, 6.45) is 4.46. The molecule has 1 aliphatic heterocycles. The summed E-state index contributed by atoms with van der Waals surface area (Å²) in [5.41, 5.74) is 7.37.